The fourth-order valence-corrected chi connectivity index (χ4v) is 2.61. The molecule has 2 rings (SSSR count). The Morgan fingerprint density at radius 1 is 1.25 bits per heavy atom. The zero-order valence-electron chi connectivity index (χ0n) is 12.3. The molecule has 0 aromatic heterocycles. The maximum atomic E-state index is 11.6. The summed E-state index contributed by atoms with van der Waals surface area (Å²) in [5, 5.41) is 6.06. The quantitative estimate of drug-likeness (QED) is 0.734. The molecule has 2 N–H and O–H groups in total. The molecule has 0 bridgehead atoms. The van der Waals surface area contributed by atoms with Crippen LogP contribution in [0.25, 0.3) is 0 Å². The molecule has 4 nitrogen and oxygen atoms in total. The van der Waals surface area contributed by atoms with Crippen molar-refractivity contribution in [3.8, 4) is 0 Å². The maximum absolute atomic E-state index is 11.6. The Morgan fingerprint density at radius 3 is 2.85 bits per heavy atom. The van der Waals surface area contributed by atoms with Gasteiger partial charge in [-0.2, -0.15) is 0 Å². The first-order valence-electron chi connectivity index (χ1n) is 7.50. The Balaban J connectivity index is 1.65. The van der Waals surface area contributed by atoms with Gasteiger partial charge >= 0.3 is 0 Å². The predicted molar refractivity (Wildman–Crippen MR) is 81.6 cm³/mol. The third kappa shape index (κ3) is 4.62. The monoisotopic (exact) mass is 275 g/mol. The van der Waals surface area contributed by atoms with Crippen molar-refractivity contribution >= 4 is 5.91 Å². The lowest BCUT2D eigenvalue weighted by molar-refractivity contribution is -0.121. The molecule has 0 radical (unpaired) electrons. The SMILES string of the molecule is CNCCCC(=O)NCCN1CCc2ccccc2C1. The molecular formula is C16H25N3O. The Kier molecular flexibility index (Phi) is 6.02. The van der Waals surface area contributed by atoms with E-state index in [-0.39, 0.29) is 5.91 Å². The Morgan fingerprint density at radius 2 is 2.05 bits per heavy atom. The molecule has 1 aliphatic heterocycles. The number of carbonyl (C=O) groups is 1. The second-order valence-electron chi connectivity index (χ2n) is 5.35. The van der Waals surface area contributed by atoms with Crippen molar-refractivity contribution in [2.75, 3.05) is 33.2 Å². The molecule has 0 atom stereocenters. The number of fused-ring (bicyclic) bond motifs is 1. The van der Waals surface area contributed by atoms with E-state index in [1.165, 1.54) is 11.1 Å². The van der Waals surface area contributed by atoms with Gasteiger partial charge in [0.25, 0.3) is 0 Å². The minimum Gasteiger partial charge on any atom is -0.355 e. The topological polar surface area (TPSA) is 44.4 Å². The highest BCUT2D eigenvalue weighted by Crippen LogP contribution is 2.17. The molecule has 110 valence electrons. The zero-order valence-corrected chi connectivity index (χ0v) is 12.3. The molecule has 0 saturated heterocycles. The Bertz CT molecular complexity index is 433. The van der Waals surface area contributed by atoms with Crippen LogP contribution in [0.3, 0.4) is 0 Å². The molecule has 0 spiro atoms. The smallest absolute Gasteiger partial charge is 0.220 e. The van der Waals surface area contributed by atoms with Crippen LogP contribution in [-0.2, 0) is 17.8 Å². The molecule has 0 aliphatic carbocycles. The number of amides is 1. The van der Waals surface area contributed by atoms with Gasteiger partial charge in [0.2, 0.25) is 5.91 Å². The molecule has 1 aromatic carbocycles. The zero-order chi connectivity index (χ0) is 14.2. The van der Waals surface area contributed by atoms with E-state index in [4.69, 9.17) is 0 Å². The number of nitrogens with zero attached hydrogens (tertiary/aromatic N) is 1. The van der Waals surface area contributed by atoms with Crippen LogP contribution < -0.4 is 10.6 Å². The van der Waals surface area contributed by atoms with Gasteiger partial charge in [0, 0.05) is 32.6 Å². The first kappa shape index (κ1) is 15.0. The van der Waals surface area contributed by atoms with Crippen LogP contribution in [0.4, 0.5) is 0 Å². The summed E-state index contributed by atoms with van der Waals surface area (Å²) in [5.74, 6) is 0.164. The average molecular weight is 275 g/mol. The lowest BCUT2D eigenvalue weighted by Gasteiger charge is -2.28. The number of hydrogen-bond acceptors (Lipinski definition) is 3. The van der Waals surface area contributed by atoms with E-state index in [0.29, 0.717) is 6.42 Å². The second kappa shape index (κ2) is 8.02. The van der Waals surface area contributed by atoms with Gasteiger partial charge in [0.05, 0.1) is 0 Å². The van der Waals surface area contributed by atoms with Crippen LogP contribution >= 0.6 is 0 Å². The summed E-state index contributed by atoms with van der Waals surface area (Å²) < 4.78 is 0. The summed E-state index contributed by atoms with van der Waals surface area (Å²) in [6.45, 7) is 4.68. The fraction of sp³-hybridized carbons (Fsp3) is 0.562. The van der Waals surface area contributed by atoms with E-state index >= 15 is 0 Å². The molecule has 1 heterocycles. The normalized spacial score (nSPS) is 14.8. The second-order valence-corrected chi connectivity index (χ2v) is 5.35. The molecule has 1 aliphatic rings. The minimum atomic E-state index is 0.164. The van der Waals surface area contributed by atoms with Crippen molar-refractivity contribution < 1.29 is 4.79 Å². The standard InChI is InChI=1S/C16H25N3O/c1-17-9-4-7-16(20)18-10-12-19-11-8-14-5-2-3-6-15(14)13-19/h2-3,5-6,17H,4,7-13H2,1H3,(H,18,20). The molecule has 1 amide bonds. The highest BCUT2D eigenvalue weighted by molar-refractivity contribution is 5.75. The van der Waals surface area contributed by atoms with Gasteiger partial charge in [-0.05, 0) is 37.6 Å². The molecule has 0 saturated carbocycles. The van der Waals surface area contributed by atoms with Crippen LogP contribution in [0.15, 0.2) is 24.3 Å². The van der Waals surface area contributed by atoms with Crippen LogP contribution in [-0.4, -0.2) is 44.0 Å². The Hall–Kier alpha value is -1.39. The number of nitrogens with one attached hydrogen (secondary N) is 2. The Labute approximate surface area is 121 Å². The first-order chi connectivity index (χ1) is 9.79. The summed E-state index contributed by atoms with van der Waals surface area (Å²) in [4.78, 5) is 14.0. The molecule has 20 heavy (non-hydrogen) atoms. The van der Waals surface area contributed by atoms with Crippen molar-refractivity contribution in [3.63, 3.8) is 0 Å². The van der Waals surface area contributed by atoms with Crippen molar-refractivity contribution in [1.29, 1.82) is 0 Å². The van der Waals surface area contributed by atoms with Gasteiger partial charge in [-0.25, -0.2) is 0 Å². The summed E-state index contributed by atoms with van der Waals surface area (Å²) >= 11 is 0. The van der Waals surface area contributed by atoms with E-state index in [1.807, 2.05) is 7.05 Å². The van der Waals surface area contributed by atoms with Gasteiger partial charge in [-0.3, -0.25) is 9.69 Å². The lowest BCUT2D eigenvalue weighted by atomic mass is 10.00. The minimum absolute atomic E-state index is 0.164. The van der Waals surface area contributed by atoms with Gasteiger partial charge in [-0.1, -0.05) is 24.3 Å². The highest BCUT2D eigenvalue weighted by atomic mass is 16.1. The highest BCUT2D eigenvalue weighted by Gasteiger charge is 2.15. The van der Waals surface area contributed by atoms with Crippen molar-refractivity contribution in [2.24, 2.45) is 0 Å². The molecule has 0 unspecified atom stereocenters. The van der Waals surface area contributed by atoms with E-state index in [2.05, 4.69) is 39.8 Å². The lowest BCUT2D eigenvalue weighted by Crippen LogP contribution is -2.37. The summed E-state index contributed by atoms with van der Waals surface area (Å²) in [5.41, 5.74) is 2.90. The fourth-order valence-electron chi connectivity index (χ4n) is 2.61. The van der Waals surface area contributed by atoms with Gasteiger partial charge < -0.3 is 10.6 Å². The van der Waals surface area contributed by atoms with E-state index in [0.717, 1.165) is 45.6 Å². The maximum Gasteiger partial charge on any atom is 0.220 e. The number of hydrogen-bond donors (Lipinski definition) is 2. The van der Waals surface area contributed by atoms with Crippen LogP contribution in [0, 0.1) is 0 Å². The largest absolute Gasteiger partial charge is 0.355 e. The molecule has 4 heteroatoms. The predicted octanol–water partition coefficient (Wildman–Crippen LogP) is 1.16. The third-order valence-corrected chi connectivity index (χ3v) is 3.79. The van der Waals surface area contributed by atoms with Crippen LogP contribution in [0.2, 0.25) is 0 Å². The van der Waals surface area contributed by atoms with Crippen molar-refractivity contribution in [1.82, 2.24) is 15.5 Å². The van der Waals surface area contributed by atoms with Gasteiger partial charge in [0.15, 0.2) is 0 Å². The summed E-state index contributed by atoms with van der Waals surface area (Å²) in [6.07, 6.45) is 2.63. The van der Waals surface area contributed by atoms with Gasteiger partial charge in [-0.15, -0.1) is 0 Å². The van der Waals surface area contributed by atoms with E-state index in [9.17, 15) is 4.79 Å². The van der Waals surface area contributed by atoms with E-state index in [1.54, 1.807) is 0 Å². The van der Waals surface area contributed by atoms with Gasteiger partial charge in [0.1, 0.15) is 0 Å². The average Bonchev–Trinajstić information content (AvgIpc) is 2.47. The first-order valence-corrected chi connectivity index (χ1v) is 7.50. The van der Waals surface area contributed by atoms with Crippen molar-refractivity contribution in [3.05, 3.63) is 35.4 Å². The van der Waals surface area contributed by atoms with Crippen molar-refractivity contribution in [2.45, 2.75) is 25.8 Å². The number of rotatable bonds is 7. The number of benzene rings is 1. The summed E-state index contributed by atoms with van der Waals surface area (Å²) in [6, 6.07) is 8.64. The summed E-state index contributed by atoms with van der Waals surface area (Å²) in [7, 11) is 1.91. The van der Waals surface area contributed by atoms with Crippen LogP contribution in [0.5, 0.6) is 0 Å². The third-order valence-electron chi connectivity index (χ3n) is 3.79. The molecule has 0 fully saturated rings. The molecular weight excluding hydrogens is 250 g/mol. The molecule has 1 aromatic rings. The van der Waals surface area contributed by atoms with Crippen LogP contribution in [0.1, 0.15) is 24.0 Å². The van der Waals surface area contributed by atoms with E-state index < -0.39 is 0 Å². The number of carbonyl (C=O) groups excluding carboxylic acids is 1.